The number of hydrogen-bond acceptors (Lipinski definition) is 8. The summed E-state index contributed by atoms with van der Waals surface area (Å²) in [5.41, 5.74) is 15.2. The minimum atomic E-state index is -0.540. The summed E-state index contributed by atoms with van der Waals surface area (Å²) in [6.45, 7) is 5.02. The monoisotopic (exact) mass is 504 g/mol. The fourth-order valence-electron chi connectivity index (χ4n) is 4.74. The predicted octanol–water partition coefficient (Wildman–Crippen LogP) is 3.27. The van der Waals surface area contributed by atoms with Gasteiger partial charge in [-0.05, 0) is 36.9 Å². The normalized spacial score (nSPS) is 14.5. The summed E-state index contributed by atoms with van der Waals surface area (Å²) in [5.74, 6) is 0.543. The number of hydrogen-bond donors (Lipinski definition) is 3. The third-order valence-electron chi connectivity index (χ3n) is 6.82. The largest absolute Gasteiger partial charge is 0.397 e. The first kappa shape index (κ1) is 24.4. The number of fused-ring (bicyclic) bond motifs is 2. The molecule has 11 heteroatoms. The Balaban J connectivity index is 1.43. The zero-order chi connectivity index (χ0) is 26.3. The molecule has 4 aromatic rings. The molecule has 5 rings (SSSR count). The standard InChI is InChI=1S/C26H29FN8O2/c1-14(13-37-3)34-5-4-17-8-23(33-35(17)12-24(34)36)32-22-7-16-6-18(19-9-30-11-21(28)15(19)2)25(27)26(29)20(16)10-31-22/h6-11,14H,4-5,12-13,28-29H2,1-3H3,(H,31,32,33)/t14-/m1/s1. The molecule has 4 heterocycles. The lowest BCUT2D eigenvalue weighted by Crippen LogP contribution is -2.42. The van der Waals surface area contributed by atoms with Crippen LogP contribution in [0.1, 0.15) is 18.2 Å². The predicted molar refractivity (Wildman–Crippen MR) is 141 cm³/mol. The highest BCUT2D eigenvalue weighted by atomic mass is 19.1. The van der Waals surface area contributed by atoms with E-state index in [0.29, 0.717) is 58.8 Å². The summed E-state index contributed by atoms with van der Waals surface area (Å²) in [4.78, 5) is 23.1. The number of nitrogens with two attached hydrogens (primary N) is 2. The number of halogens is 1. The molecule has 1 aliphatic heterocycles. The molecule has 10 nitrogen and oxygen atoms in total. The Hall–Kier alpha value is -4.25. The maximum atomic E-state index is 15.2. The molecule has 0 saturated carbocycles. The van der Waals surface area contributed by atoms with E-state index in [9.17, 15) is 4.79 Å². The van der Waals surface area contributed by atoms with Crippen molar-refractivity contribution in [1.82, 2.24) is 24.6 Å². The van der Waals surface area contributed by atoms with E-state index in [1.807, 2.05) is 24.8 Å². The van der Waals surface area contributed by atoms with Crippen LogP contribution in [0.4, 0.5) is 27.4 Å². The number of nitrogen functional groups attached to an aromatic ring is 2. The second-order valence-corrected chi connectivity index (χ2v) is 9.29. The Bertz CT molecular complexity index is 1500. The average Bonchev–Trinajstić information content (AvgIpc) is 3.16. The van der Waals surface area contributed by atoms with Gasteiger partial charge in [-0.1, -0.05) is 0 Å². The smallest absolute Gasteiger partial charge is 0.244 e. The van der Waals surface area contributed by atoms with Crippen LogP contribution in [0, 0.1) is 12.7 Å². The summed E-state index contributed by atoms with van der Waals surface area (Å²) in [6.07, 6.45) is 5.31. The molecule has 1 amide bonds. The first-order valence-electron chi connectivity index (χ1n) is 12.0. The van der Waals surface area contributed by atoms with Crippen molar-refractivity contribution in [3.8, 4) is 11.1 Å². The molecule has 192 valence electrons. The average molecular weight is 505 g/mol. The highest BCUT2D eigenvalue weighted by Crippen LogP contribution is 2.36. The van der Waals surface area contributed by atoms with Gasteiger partial charge in [0.25, 0.3) is 0 Å². The zero-order valence-electron chi connectivity index (χ0n) is 21.0. The molecule has 0 aliphatic carbocycles. The number of carbonyl (C=O) groups excluding carboxylic acids is 1. The molecule has 37 heavy (non-hydrogen) atoms. The van der Waals surface area contributed by atoms with Crippen LogP contribution in [0.25, 0.3) is 21.9 Å². The van der Waals surface area contributed by atoms with E-state index in [1.54, 1.807) is 30.1 Å². The van der Waals surface area contributed by atoms with Crippen molar-refractivity contribution in [3.05, 3.63) is 53.9 Å². The maximum Gasteiger partial charge on any atom is 0.244 e. The fraction of sp³-hybridized carbons (Fsp3) is 0.308. The third kappa shape index (κ3) is 4.53. The lowest BCUT2D eigenvalue weighted by molar-refractivity contribution is -0.134. The molecule has 3 aromatic heterocycles. The molecule has 0 radical (unpaired) electrons. The van der Waals surface area contributed by atoms with Crippen molar-refractivity contribution >= 4 is 39.7 Å². The lowest BCUT2D eigenvalue weighted by Gasteiger charge is -2.27. The number of pyridine rings is 2. The summed E-state index contributed by atoms with van der Waals surface area (Å²) < 4.78 is 22.1. The number of nitrogens with zero attached hydrogens (tertiary/aromatic N) is 5. The fourth-order valence-corrected chi connectivity index (χ4v) is 4.74. The van der Waals surface area contributed by atoms with Crippen LogP contribution in [-0.4, -0.2) is 56.9 Å². The highest BCUT2D eigenvalue weighted by Gasteiger charge is 2.26. The van der Waals surface area contributed by atoms with Crippen LogP contribution >= 0.6 is 0 Å². The van der Waals surface area contributed by atoms with E-state index in [1.165, 1.54) is 12.4 Å². The topological polar surface area (TPSA) is 137 Å². The van der Waals surface area contributed by atoms with Crippen molar-refractivity contribution in [2.24, 2.45) is 0 Å². The Morgan fingerprint density at radius 3 is 2.76 bits per heavy atom. The van der Waals surface area contributed by atoms with Gasteiger partial charge in [-0.25, -0.2) is 9.37 Å². The Morgan fingerprint density at radius 2 is 1.97 bits per heavy atom. The molecule has 0 bridgehead atoms. The number of methoxy groups -OCH3 is 1. The summed E-state index contributed by atoms with van der Waals surface area (Å²) in [6, 6.07) is 5.41. The van der Waals surface area contributed by atoms with E-state index >= 15 is 4.39 Å². The molecule has 0 unspecified atom stereocenters. The van der Waals surface area contributed by atoms with E-state index in [4.69, 9.17) is 16.2 Å². The van der Waals surface area contributed by atoms with Crippen LogP contribution in [0.2, 0.25) is 0 Å². The molecule has 5 N–H and O–H groups in total. The van der Waals surface area contributed by atoms with Crippen molar-refractivity contribution in [1.29, 1.82) is 0 Å². The van der Waals surface area contributed by atoms with Gasteiger partial charge in [0, 0.05) is 60.7 Å². The maximum absolute atomic E-state index is 15.2. The van der Waals surface area contributed by atoms with E-state index in [2.05, 4.69) is 20.4 Å². The molecule has 0 fully saturated rings. The third-order valence-corrected chi connectivity index (χ3v) is 6.82. The van der Waals surface area contributed by atoms with E-state index in [0.717, 1.165) is 11.3 Å². The lowest BCUT2D eigenvalue weighted by atomic mass is 9.97. The minimum Gasteiger partial charge on any atom is -0.397 e. The number of aromatic nitrogens is 4. The van der Waals surface area contributed by atoms with Crippen LogP contribution < -0.4 is 16.8 Å². The van der Waals surface area contributed by atoms with Gasteiger partial charge in [0.05, 0.1) is 30.2 Å². The number of benzene rings is 1. The van der Waals surface area contributed by atoms with Crippen LogP contribution in [0.5, 0.6) is 0 Å². The zero-order valence-corrected chi connectivity index (χ0v) is 21.0. The van der Waals surface area contributed by atoms with Gasteiger partial charge in [-0.15, -0.1) is 0 Å². The van der Waals surface area contributed by atoms with Crippen molar-refractivity contribution in [2.45, 2.75) is 32.9 Å². The first-order valence-corrected chi connectivity index (χ1v) is 12.0. The Morgan fingerprint density at radius 1 is 1.16 bits per heavy atom. The number of rotatable bonds is 6. The summed E-state index contributed by atoms with van der Waals surface area (Å²) in [5, 5.41) is 8.97. The van der Waals surface area contributed by atoms with Crippen LogP contribution in [0.15, 0.2) is 36.8 Å². The molecular weight excluding hydrogens is 475 g/mol. The molecule has 1 aromatic carbocycles. The van der Waals surface area contributed by atoms with Gasteiger partial charge < -0.3 is 26.4 Å². The summed E-state index contributed by atoms with van der Waals surface area (Å²) in [7, 11) is 1.63. The van der Waals surface area contributed by atoms with Gasteiger partial charge in [0.15, 0.2) is 11.6 Å². The molecule has 1 aliphatic rings. The van der Waals surface area contributed by atoms with Gasteiger partial charge in [-0.3, -0.25) is 14.5 Å². The molecular formula is C26H29FN8O2. The van der Waals surface area contributed by atoms with Crippen molar-refractivity contribution in [2.75, 3.05) is 37.0 Å². The van der Waals surface area contributed by atoms with E-state index in [-0.39, 0.29) is 24.2 Å². The number of anilines is 4. The summed E-state index contributed by atoms with van der Waals surface area (Å²) >= 11 is 0. The second-order valence-electron chi connectivity index (χ2n) is 9.29. The molecule has 0 spiro atoms. The quantitative estimate of drug-likeness (QED) is 0.340. The number of ether oxygens (including phenoxy) is 1. The number of amides is 1. The van der Waals surface area contributed by atoms with Crippen molar-refractivity contribution < 1.29 is 13.9 Å². The van der Waals surface area contributed by atoms with Crippen LogP contribution in [-0.2, 0) is 22.5 Å². The number of carbonyl (C=O) groups is 1. The minimum absolute atomic E-state index is 0.00172. The van der Waals surface area contributed by atoms with Gasteiger partial charge in [0.2, 0.25) is 5.91 Å². The SMILES string of the molecule is COC[C@@H](C)N1CCc2cc(Nc3cc4cc(-c5cncc(N)c5C)c(F)c(N)c4cn3)nn2CC1=O. The Labute approximate surface area is 213 Å². The first-order chi connectivity index (χ1) is 17.8. The highest BCUT2D eigenvalue weighted by molar-refractivity contribution is 5.98. The van der Waals surface area contributed by atoms with Gasteiger partial charge in [0.1, 0.15) is 12.4 Å². The number of nitrogens with one attached hydrogen (secondary N) is 1. The van der Waals surface area contributed by atoms with Gasteiger partial charge >= 0.3 is 0 Å². The van der Waals surface area contributed by atoms with Crippen molar-refractivity contribution in [3.63, 3.8) is 0 Å². The molecule has 1 atom stereocenters. The molecule has 0 saturated heterocycles. The van der Waals surface area contributed by atoms with Gasteiger partial charge in [-0.2, -0.15) is 5.10 Å². The Kier molecular flexibility index (Phi) is 6.38. The second kappa shape index (κ2) is 9.66. The van der Waals surface area contributed by atoms with Crippen LogP contribution in [0.3, 0.4) is 0 Å². The van der Waals surface area contributed by atoms with E-state index < -0.39 is 5.82 Å².